The fourth-order valence-corrected chi connectivity index (χ4v) is 7.60. The topological polar surface area (TPSA) is 561 Å². The summed E-state index contributed by atoms with van der Waals surface area (Å²) in [4.78, 5) is 125. The number of anilines is 2. The van der Waals surface area contributed by atoms with E-state index < -0.39 is 202 Å². The van der Waals surface area contributed by atoms with Gasteiger partial charge in [0.25, 0.3) is 11.8 Å². The normalized spacial score (nSPS) is 19.0. The third-order valence-electron chi connectivity index (χ3n) is 12.5. The van der Waals surface area contributed by atoms with E-state index in [0.717, 1.165) is 13.8 Å². The summed E-state index contributed by atoms with van der Waals surface area (Å²) >= 11 is 0. The van der Waals surface area contributed by atoms with E-state index >= 15 is 0 Å². The second-order valence-electron chi connectivity index (χ2n) is 18.4. The molecule has 0 spiro atoms. The van der Waals surface area contributed by atoms with Gasteiger partial charge < -0.3 is 103 Å². The third kappa shape index (κ3) is 18.4. The molecule has 1 aliphatic rings. The van der Waals surface area contributed by atoms with E-state index in [2.05, 4.69) is 36.6 Å². The van der Waals surface area contributed by atoms with Gasteiger partial charge in [0.15, 0.2) is 29.4 Å². The summed E-state index contributed by atoms with van der Waals surface area (Å²) in [7, 11) is 0. The van der Waals surface area contributed by atoms with Gasteiger partial charge in [0.05, 0.1) is 74.3 Å². The highest BCUT2D eigenvalue weighted by molar-refractivity contribution is 5.99. The lowest BCUT2D eigenvalue weighted by Gasteiger charge is -2.33. The van der Waals surface area contributed by atoms with Crippen LogP contribution in [0.4, 0.5) is 11.5 Å². The summed E-state index contributed by atoms with van der Waals surface area (Å²) in [6, 6.07) is -0.326. The van der Waals surface area contributed by atoms with Crippen molar-refractivity contribution in [3.05, 3.63) is 47.4 Å². The zero-order valence-electron chi connectivity index (χ0n) is 41.9. The number of carboxylic acid groups (broad SMARTS) is 2. The first-order chi connectivity index (χ1) is 36.6. The number of ketones is 3. The highest BCUT2D eigenvalue weighted by Crippen LogP contribution is 2.23. The Morgan fingerprint density at radius 3 is 1.71 bits per heavy atom. The van der Waals surface area contributed by atoms with Crippen molar-refractivity contribution in [1.29, 1.82) is 0 Å². The highest BCUT2D eigenvalue weighted by Gasteiger charge is 2.44. The first-order valence-corrected chi connectivity index (χ1v) is 24.0. The maximum absolute atomic E-state index is 13.8. The van der Waals surface area contributed by atoms with Gasteiger partial charge in [0.2, 0.25) is 11.8 Å². The van der Waals surface area contributed by atoms with Crippen molar-refractivity contribution in [1.82, 2.24) is 31.2 Å². The minimum Gasteiger partial charge on any atom is -0.481 e. The van der Waals surface area contributed by atoms with E-state index in [1.165, 1.54) is 30.5 Å². The first kappa shape index (κ1) is 65.5. The van der Waals surface area contributed by atoms with Crippen LogP contribution in [0.15, 0.2) is 30.5 Å². The molecular formula is C46H67N9O23. The molecule has 434 valence electrons. The molecule has 2 aromatic rings. The Hall–Kier alpha value is -6.79. The Morgan fingerprint density at radius 2 is 1.18 bits per heavy atom. The van der Waals surface area contributed by atoms with Crippen molar-refractivity contribution >= 4 is 64.4 Å². The monoisotopic (exact) mass is 1110 g/mol. The van der Waals surface area contributed by atoms with Gasteiger partial charge in [-0.05, 0) is 37.6 Å². The number of benzene rings is 1. The van der Waals surface area contributed by atoms with E-state index in [-0.39, 0.29) is 23.6 Å². The highest BCUT2D eigenvalue weighted by atomic mass is 16.4. The van der Waals surface area contributed by atoms with Crippen molar-refractivity contribution in [2.75, 3.05) is 30.5 Å². The molecule has 32 nitrogen and oxygen atoms in total. The Labute approximate surface area is 442 Å². The Balaban J connectivity index is 1.77. The van der Waals surface area contributed by atoms with E-state index in [4.69, 9.17) is 5.73 Å². The Bertz CT molecular complexity index is 2420. The van der Waals surface area contributed by atoms with Gasteiger partial charge in [0.1, 0.15) is 60.6 Å². The number of hydrogen-bond donors (Lipinski definition) is 21. The molecular weight excluding hydrogens is 1050 g/mol. The molecule has 1 aromatic carbocycles. The van der Waals surface area contributed by atoms with E-state index in [1.807, 2.05) is 5.32 Å². The number of hydrogen-bond acceptors (Lipinski definition) is 26. The number of amides is 4. The molecule has 78 heavy (non-hydrogen) atoms. The number of fused-ring (bicyclic) bond motifs is 1. The lowest BCUT2D eigenvalue weighted by molar-refractivity contribution is -0.150. The van der Waals surface area contributed by atoms with Crippen molar-refractivity contribution in [3.8, 4) is 0 Å². The van der Waals surface area contributed by atoms with Gasteiger partial charge >= 0.3 is 11.9 Å². The van der Waals surface area contributed by atoms with E-state index in [0.29, 0.717) is 11.4 Å². The number of aliphatic hydroxyl groups excluding tert-OH is 12. The average Bonchev–Trinajstić information content (AvgIpc) is 3.41. The second kappa shape index (κ2) is 30.4. The summed E-state index contributed by atoms with van der Waals surface area (Å²) in [6.45, 7) is -1.53. The molecule has 0 radical (unpaired) electrons. The lowest BCUT2D eigenvalue weighted by Crippen LogP contribution is -2.59. The van der Waals surface area contributed by atoms with Gasteiger partial charge in [0, 0.05) is 36.9 Å². The molecule has 2 heterocycles. The molecule has 1 aliphatic heterocycles. The standard InChI is InChI=1S/C46H67N9O23/c1-17(44(75)76)9-27(61)31(38(70)37(69)30(64)16-58)53-42(73)24(34(66)36(68)29(63)15-57)11-26(60)18(2)50-41(72)23(33(65)35(67)28(62)14-56)10-22(59)7-8-25(45(77)78)52-40(71)19-3-5-20(6-4-19)48-12-21-13-49-39-32(51-21)43(74)55-46(47)54-39/h3-6,13,17-18,23-25,28-31,33-38,46,48,56-58,62-70H,7-12,14-16,47H2,1-2H3,(H,49,54)(H,50,72)(H,52,71)(H,53,73)(H,55,74)(H,75,76)(H,77,78)/t17-,18+,23+,24+,25+,28-,29-,30-,31-,33-,34-,35-,36-,37-,38-,46?/m1/s1. The Morgan fingerprint density at radius 1 is 0.654 bits per heavy atom. The molecule has 22 N–H and O–H groups in total. The number of nitrogens with zero attached hydrogens (tertiary/aromatic N) is 2. The number of aromatic nitrogens is 2. The SMILES string of the molecule is C[C@H](CC(=O)[C@@H](NC(=O)[C@@H](CC(=O)[C@H](C)NC(=O)[C@@H](CC(=O)CC[C@H](NC(=O)c1ccc(NCc2cnc3c(n2)C(=O)NC(N)N3)cc1)C(=O)O)[C@@H](O)[C@H](O)[C@H](O)CO)[C@@H](O)[C@H](O)[C@H](O)CO)[C@@H](O)[C@H](O)[C@H](O)CO)C(=O)O. The minimum absolute atomic E-state index is 0.0190. The van der Waals surface area contributed by atoms with Crippen LogP contribution >= 0.6 is 0 Å². The van der Waals surface area contributed by atoms with Crippen LogP contribution in [-0.2, 0) is 40.1 Å². The van der Waals surface area contributed by atoms with Crippen LogP contribution in [0.3, 0.4) is 0 Å². The number of carboxylic acids is 2. The van der Waals surface area contributed by atoms with Crippen LogP contribution in [0, 0.1) is 17.8 Å². The maximum atomic E-state index is 13.8. The first-order valence-electron chi connectivity index (χ1n) is 24.0. The smallest absolute Gasteiger partial charge is 0.326 e. The predicted octanol–water partition coefficient (Wildman–Crippen LogP) is -8.51. The molecule has 1 aromatic heterocycles. The predicted molar refractivity (Wildman–Crippen MR) is 260 cm³/mol. The summed E-state index contributed by atoms with van der Waals surface area (Å²) in [5, 5.41) is 156. The molecule has 1 unspecified atom stereocenters. The zero-order valence-corrected chi connectivity index (χ0v) is 41.9. The number of rotatable bonds is 34. The third-order valence-corrected chi connectivity index (χ3v) is 12.5. The van der Waals surface area contributed by atoms with Crippen LogP contribution in [0.1, 0.15) is 72.5 Å². The molecule has 0 fully saturated rings. The Kier molecular flexibility index (Phi) is 25.5. The van der Waals surface area contributed by atoms with Crippen LogP contribution in [-0.4, -0.2) is 234 Å². The van der Waals surface area contributed by atoms with Crippen molar-refractivity contribution in [2.45, 2.75) is 132 Å². The van der Waals surface area contributed by atoms with Crippen molar-refractivity contribution in [2.24, 2.45) is 23.5 Å². The second-order valence-corrected chi connectivity index (χ2v) is 18.4. The van der Waals surface area contributed by atoms with E-state index in [1.54, 1.807) is 0 Å². The minimum atomic E-state index is -2.55. The molecule has 16 atom stereocenters. The van der Waals surface area contributed by atoms with Gasteiger partial charge in [-0.3, -0.25) is 44.1 Å². The quantitative estimate of drug-likeness (QED) is 0.0309. The summed E-state index contributed by atoms with van der Waals surface area (Å²) in [6.07, 6.45) is -25.2. The number of carbonyl (C=O) groups excluding carboxylic acids is 7. The number of nitrogens with two attached hydrogens (primary N) is 1. The fourth-order valence-electron chi connectivity index (χ4n) is 7.60. The summed E-state index contributed by atoms with van der Waals surface area (Å²) < 4.78 is 0. The average molecular weight is 1110 g/mol. The zero-order chi connectivity index (χ0) is 58.9. The van der Waals surface area contributed by atoms with Gasteiger partial charge in [-0.1, -0.05) is 6.92 Å². The summed E-state index contributed by atoms with van der Waals surface area (Å²) in [5.74, 6) is -16.9. The van der Waals surface area contributed by atoms with Crippen molar-refractivity contribution < 1.29 is 115 Å². The van der Waals surface area contributed by atoms with E-state index in [9.17, 15) is 115 Å². The van der Waals surface area contributed by atoms with Crippen LogP contribution in [0.5, 0.6) is 0 Å². The lowest BCUT2D eigenvalue weighted by atomic mass is 9.86. The number of carbonyl (C=O) groups is 9. The van der Waals surface area contributed by atoms with Gasteiger partial charge in [-0.2, -0.15) is 0 Å². The molecule has 0 bridgehead atoms. The van der Waals surface area contributed by atoms with Crippen LogP contribution in [0.25, 0.3) is 0 Å². The summed E-state index contributed by atoms with van der Waals surface area (Å²) in [5.41, 5.74) is 6.49. The number of aliphatic hydroxyl groups is 12. The largest absolute Gasteiger partial charge is 0.481 e. The number of aliphatic carboxylic acids is 2. The molecule has 0 saturated carbocycles. The number of nitrogens with one attached hydrogen (secondary N) is 6. The molecule has 3 rings (SSSR count). The van der Waals surface area contributed by atoms with Gasteiger partial charge in [-0.15, -0.1) is 0 Å². The molecule has 0 aliphatic carbocycles. The fraction of sp³-hybridized carbons (Fsp3) is 0.587. The number of Topliss-reactive ketones (excluding diaryl/α,β-unsaturated/α-hetero) is 3. The molecule has 0 saturated heterocycles. The van der Waals surface area contributed by atoms with Gasteiger partial charge in [-0.25, -0.2) is 14.8 Å². The van der Waals surface area contributed by atoms with Crippen LogP contribution < -0.4 is 37.6 Å². The maximum Gasteiger partial charge on any atom is 0.326 e. The molecule has 32 heteroatoms. The van der Waals surface area contributed by atoms with Crippen molar-refractivity contribution in [3.63, 3.8) is 0 Å². The molecule has 4 amide bonds. The van der Waals surface area contributed by atoms with Crippen LogP contribution in [0.2, 0.25) is 0 Å².